The normalized spacial score (nSPS) is 18.1. The Labute approximate surface area is 126 Å². The van der Waals surface area contributed by atoms with Crippen molar-refractivity contribution < 1.29 is 19.1 Å². The largest absolute Gasteiger partial charge is 0.460 e. The summed E-state index contributed by atoms with van der Waals surface area (Å²) in [5.74, 6) is -0.0685. The summed E-state index contributed by atoms with van der Waals surface area (Å²) in [6.07, 6.45) is 2.39. The van der Waals surface area contributed by atoms with Crippen LogP contribution in [0.25, 0.3) is 0 Å². The Balaban J connectivity index is 2.19. The highest BCUT2D eigenvalue weighted by Crippen LogP contribution is 2.13. The first-order chi connectivity index (χ1) is 9.78. The summed E-state index contributed by atoms with van der Waals surface area (Å²) in [6, 6.07) is -0.669. The lowest BCUT2D eigenvalue weighted by molar-refractivity contribution is -0.155. The van der Waals surface area contributed by atoms with Gasteiger partial charge in [-0.1, -0.05) is 0 Å². The van der Waals surface area contributed by atoms with E-state index in [-0.39, 0.29) is 18.3 Å². The zero-order chi connectivity index (χ0) is 15.9. The van der Waals surface area contributed by atoms with Crippen molar-refractivity contribution in [2.45, 2.75) is 58.1 Å². The maximum Gasteiger partial charge on any atom is 0.306 e. The van der Waals surface area contributed by atoms with Crippen molar-refractivity contribution in [3.8, 4) is 0 Å². The molecule has 1 saturated heterocycles. The van der Waals surface area contributed by atoms with Crippen LogP contribution in [-0.4, -0.2) is 43.3 Å². The van der Waals surface area contributed by atoms with E-state index < -0.39 is 11.6 Å². The monoisotopic (exact) mass is 300 g/mol. The van der Waals surface area contributed by atoms with Gasteiger partial charge in [-0.3, -0.25) is 9.59 Å². The molecular weight excluding hydrogens is 272 g/mol. The van der Waals surface area contributed by atoms with Crippen LogP contribution in [0.5, 0.6) is 0 Å². The topological polar surface area (TPSA) is 90.7 Å². The number of hydrogen-bond acceptors (Lipinski definition) is 5. The van der Waals surface area contributed by atoms with Crippen molar-refractivity contribution in [3.05, 3.63) is 0 Å². The lowest BCUT2D eigenvalue weighted by Crippen LogP contribution is -2.43. The summed E-state index contributed by atoms with van der Waals surface area (Å²) >= 11 is 0. The molecule has 1 amide bonds. The number of carbonyl (C=O) groups is 2. The van der Waals surface area contributed by atoms with Crippen LogP contribution in [0, 0.1) is 5.92 Å². The zero-order valence-corrected chi connectivity index (χ0v) is 13.3. The first kappa shape index (κ1) is 17.9. The fourth-order valence-electron chi connectivity index (χ4n) is 2.12. The number of rotatable bonds is 6. The van der Waals surface area contributed by atoms with Gasteiger partial charge in [0, 0.05) is 26.2 Å². The number of carbonyl (C=O) groups excluding carboxylic acids is 2. The fraction of sp³-hybridized carbons (Fsp3) is 0.867. The molecule has 1 heterocycles. The molecule has 122 valence electrons. The van der Waals surface area contributed by atoms with Crippen LogP contribution >= 0.6 is 0 Å². The molecule has 3 N–H and O–H groups in total. The molecule has 6 nitrogen and oxygen atoms in total. The highest BCUT2D eigenvalue weighted by Gasteiger charge is 2.21. The highest BCUT2D eigenvalue weighted by atomic mass is 16.6. The van der Waals surface area contributed by atoms with Gasteiger partial charge in [0.25, 0.3) is 0 Å². The van der Waals surface area contributed by atoms with E-state index in [1.165, 1.54) is 0 Å². The molecule has 0 saturated carbocycles. The van der Waals surface area contributed by atoms with Crippen LogP contribution in [0.15, 0.2) is 0 Å². The van der Waals surface area contributed by atoms with Gasteiger partial charge in [0.15, 0.2) is 0 Å². The molecule has 1 fully saturated rings. The molecule has 0 bridgehead atoms. The van der Waals surface area contributed by atoms with Gasteiger partial charge in [0.2, 0.25) is 5.91 Å². The number of amides is 1. The summed E-state index contributed by atoms with van der Waals surface area (Å²) in [5.41, 5.74) is 5.29. The van der Waals surface area contributed by atoms with Crippen molar-refractivity contribution in [1.82, 2.24) is 5.32 Å². The highest BCUT2D eigenvalue weighted by molar-refractivity contribution is 5.82. The first-order valence-electron chi connectivity index (χ1n) is 7.61. The summed E-state index contributed by atoms with van der Waals surface area (Å²) in [5, 5.41) is 2.85. The van der Waals surface area contributed by atoms with E-state index in [4.69, 9.17) is 15.2 Å². The number of nitrogens with two attached hydrogens (primary N) is 1. The zero-order valence-electron chi connectivity index (χ0n) is 13.3. The predicted molar refractivity (Wildman–Crippen MR) is 79.6 cm³/mol. The number of nitrogens with one attached hydrogen (secondary N) is 1. The Bertz CT molecular complexity index is 346. The van der Waals surface area contributed by atoms with Gasteiger partial charge in [-0.2, -0.15) is 0 Å². The minimum absolute atomic E-state index is 0.156. The quantitative estimate of drug-likeness (QED) is 0.714. The standard InChI is InChI=1S/C15H28N2O4/c1-15(2,3)21-13(18)5-4-12(16)14(19)17-10-11-6-8-20-9-7-11/h11-12H,4-10,16H2,1-3H3,(H,17,19). The molecule has 6 heteroatoms. The second-order valence-electron chi connectivity index (χ2n) is 6.53. The van der Waals surface area contributed by atoms with E-state index in [0.717, 1.165) is 26.1 Å². The van der Waals surface area contributed by atoms with E-state index in [0.29, 0.717) is 18.9 Å². The number of hydrogen-bond donors (Lipinski definition) is 2. The van der Waals surface area contributed by atoms with E-state index in [9.17, 15) is 9.59 Å². The summed E-state index contributed by atoms with van der Waals surface area (Å²) < 4.78 is 10.5. The van der Waals surface area contributed by atoms with Crippen LogP contribution in [0.1, 0.15) is 46.5 Å². The number of esters is 1. The van der Waals surface area contributed by atoms with Crippen molar-refractivity contribution >= 4 is 11.9 Å². The maximum absolute atomic E-state index is 11.9. The van der Waals surface area contributed by atoms with E-state index in [1.54, 1.807) is 0 Å². The molecule has 0 radical (unpaired) electrons. The Morgan fingerprint density at radius 1 is 1.33 bits per heavy atom. The molecule has 0 spiro atoms. The summed E-state index contributed by atoms with van der Waals surface area (Å²) in [7, 11) is 0. The third-order valence-corrected chi connectivity index (χ3v) is 3.32. The van der Waals surface area contributed by atoms with Crippen molar-refractivity contribution in [2.75, 3.05) is 19.8 Å². The molecular formula is C15H28N2O4. The third kappa shape index (κ3) is 8.02. The van der Waals surface area contributed by atoms with E-state index in [1.807, 2.05) is 20.8 Å². The van der Waals surface area contributed by atoms with E-state index in [2.05, 4.69) is 5.32 Å². The van der Waals surface area contributed by atoms with Gasteiger partial charge >= 0.3 is 5.97 Å². The maximum atomic E-state index is 11.9. The van der Waals surface area contributed by atoms with Crippen LogP contribution in [0.4, 0.5) is 0 Å². The fourth-order valence-corrected chi connectivity index (χ4v) is 2.12. The van der Waals surface area contributed by atoms with Crippen LogP contribution in [-0.2, 0) is 19.1 Å². The lowest BCUT2D eigenvalue weighted by atomic mass is 10.0. The van der Waals surface area contributed by atoms with Crippen LogP contribution < -0.4 is 11.1 Å². The summed E-state index contributed by atoms with van der Waals surface area (Å²) in [4.78, 5) is 23.4. The van der Waals surface area contributed by atoms with Gasteiger partial charge in [0.1, 0.15) is 5.60 Å². The average molecular weight is 300 g/mol. The SMILES string of the molecule is CC(C)(C)OC(=O)CCC(N)C(=O)NCC1CCOCC1. The molecule has 1 rings (SSSR count). The molecule has 1 unspecified atom stereocenters. The smallest absolute Gasteiger partial charge is 0.306 e. The Morgan fingerprint density at radius 3 is 2.52 bits per heavy atom. The van der Waals surface area contributed by atoms with Crippen LogP contribution in [0.2, 0.25) is 0 Å². The van der Waals surface area contributed by atoms with Gasteiger partial charge in [-0.05, 0) is 46.0 Å². The second-order valence-corrected chi connectivity index (χ2v) is 6.53. The Morgan fingerprint density at radius 2 is 1.95 bits per heavy atom. The van der Waals surface area contributed by atoms with Gasteiger partial charge in [-0.15, -0.1) is 0 Å². The molecule has 21 heavy (non-hydrogen) atoms. The lowest BCUT2D eigenvalue weighted by Gasteiger charge is -2.23. The van der Waals surface area contributed by atoms with Crippen LogP contribution in [0.3, 0.4) is 0 Å². The molecule has 0 aromatic carbocycles. The first-order valence-corrected chi connectivity index (χ1v) is 7.61. The molecule has 0 aliphatic carbocycles. The molecule has 1 aliphatic rings. The molecule has 1 atom stereocenters. The van der Waals surface area contributed by atoms with Crippen molar-refractivity contribution in [1.29, 1.82) is 0 Å². The Hall–Kier alpha value is -1.14. The predicted octanol–water partition coefficient (Wildman–Crippen LogP) is 0.978. The molecule has 0 aromatic rings. The minimum Gasteiger partial charge on any atom is -0.460 e. The van der Waals surface area contributed by atoms with Crippen molar-refractivity contribution in [3.63, 3.8) is 0 Å². The van der Waals surface area contributed by atoms with Gasteiger partial charge in [-0.25, -0.2) is 0 Å². The average Bonchev–Trinajstić information content (AvgIpc) is 2.41. The minimum atomic E-state index is -0.669. The molecule has 0 aromatic heterocycles. The molecule has 1 aliphatic heterocycles. The van der Waals surface area contributed by atoms with Gasteiger partial charge < -0.3 is 20.5 Å². The summed E-state index contributed by atoms with van der Waals surface area (Å²) in [6.45, 7) is 7.57. The second kappa shape index (κ2) is 8.34. The number of ether oxygens (including phenoxy) is 2. The Kier molecular flexibility index (Phi) is 7.11. The van der Waals surface area contributed by atoms with Gasteiger partial charge in [0.05, 0.1) is 6.04 Å². The van der Waals surface area contributed by atoms with E-state index >= 15 is 0 Å². The third-order valence-electron chi connectivity index (χ3n) is 3.32. The van der Waals surface area contributed by atoms with Crippen molar-refractivity contribution in [2.24, 2.45) is 11.7 Å².